The summed E-state index contributed by atoms with van der Waals surface area (Å²) >= 11 is 6.66. The fourth-order valence-electron chi connectivity index (χ4n) is 9.23. The third-order valence-electron chi connectivity index (χ3n) is 11.7. The molecule has 4 aliphatic rings. The Morgan fingerprint density at radius 2 is 1.43 bits per heavy atom. The Bertz CT molecular complexity index is 2160. The molecule has 3 aliphatic carbocycles. The van der Waals surface area contributed by atoms with Gasteiger partial charge in [0.15, 0.2) is 11.5 Å². The molecule has 4 heterocycles. The van der Waals surface area contributed by atoms with Crippen LogP contribution in [0.2, 0.25) is 5.15 Å². The molecule has 0 radical (unpaired) electrons. The van der Waals surface area contributed by atoms with Gasteiger partial charge in [0.05, 0.1) is 38.0 Å². The lowest BCUT2D eigenvalue weighted by Gasteiger charge is -2.47. The van der Waals surface area contributed by atoms with Crippen LogP contribution < -0.4 is 10.2 Å². The zero-order chi connectivity index (χ0) is 36.6. The van der Waals surface area contributed by atoms with Crippen LogP contribution in [0.3, 0.4) is 0 Å². The van der Waals surface area contributed by atoms with Crippen molar-refractivity contribution in [2.24, 2.45) is 17.8 Å². The number of aromatic nitrogens is 5. The molecule has 10 nitrogen and oxygen atoms in total. The first-order valence-electron chi connectivity index (χ1n) is 18.8. The SMILES string of the molecule is COC(=O)C1C2CCC(CC2)C1Nc1cc(N2CCOCC2)nc(-c2cn(C(c3ccccc3)(c3ccccc3)c3ccccc3)c3ncc(Cl)nc23)n1. The monoisotopic (exact) mass is 739 g/mol. The summed E-state index contributed by atoms with van der Waals surface area (Å²) in [4.78, 5) is 35.8. The van der Waals surface area contributed by atoms with E-state index < -0.39 is 5.54 Å². The average Bonchev–Trinajstić information content (AvgIpc) is 3.61. The van der Waals surface area contributed by atoms with Gasteiger partial charge in [-0.05, 0) is 54.2 Å². The highest BCUT2D eigenvalue weighted by Crippen LogP contribution is 2.48. The van der Waals surface area contributed by atoms with Crippen molar-refractivity contribution in [2.45, 2.75) is 37.3 Å². The van der Waals surface area contributed by atoms with E-state index in [2.05, 4.69) is 93.8 Å². The van der Waals surface area contributed by atoms with Gasteiger partial charge < -0.3 is 24.3 Å². The van der Waals surface area contributed by atoms with Crippen LogP contribution in [-0.2, 0) is 19.8 Å². The van der Waals surface area contributed by atoms with E-state index in [9.17, 15) is 4.79 Å². The maximum Gasteiger partial charge on any atom is 0.311 e. The van der Waals surface area contributed by atoms with Gasteiger partial charge in [-0.3, -0.25) is 4.79 Å². The molecule has 0 amide bonds. The van der Waals surface area contributed by atoms with Crippen LogP contribution >= 0.6 is 11.6 Å². The zero-order valence-electron chi connectivity index (χ0n) is 30.1. The molecule has 10 rings (SSSR count). The molecule has 3 saturated carbocycles. The number of anilines is 2. The van der Waals surface area contributed by atoms with E-state index in [0.29, 0.717) is 60.6 Å². The number of nitrogens with zero attached hydrogens (tertiary/aromatic N) is 6. The second-order valence-electron chi connectivity index (χ2n) is 14.5. The molecule has 2 bridgehead atoms. The van der Waals surface area contributed by atoms with E-state index in [1.807, 2.05) is 24.3 Å². The molecule has 11 heteroatoms. The van der Waals surface area contributed by atoms with E-state index in [4.69, 9.17) is 41.0 Å². The molecule has 2 unspecified atom stereocenters. The molecule has 1 aliphatic heterocycles. The first kappa shape index (κ1) is 34.4. The average molecular weight is 740 g/mol. The minimum atomic E-state index is -0.860. The summed E-state index contributed by atoms with van der Waals surface area (Å²) in [5, 5.41) is 4.03. The Morgan fingerprint density at radius 1 is 0.833 bits per heavy atom. The lowest BCUT2D eigenvalue weighted by Crippen LogP contribution is -2.51. The Hall–Kier alpha value is -5.32. The van der Waals surface area contributed by atoms with Gasteiger partial charge in [0.1, 0.15) is 27.8 Å². The summed E-state index contributed by atoms with van der Waals surface area (Å²) in [5.41, 5.74) is 4.21. The van der Waals surface area contributed by atoms with Crippen LogP contribution in [0, 0.1) is 17.8 Å². The van der Waals surface area contributed by atoms with E-state index in [0.717, 1.165) is 48.2 Å². The third-order valence-corrected chi connectivity index (χ3v) is 11.9. The zero-order valence-corrected chi connectivity index (χ0v) is 30.9. The van der Waals surface area contributed by atoms with Gasteiger partial charge >= 0.3 is 5.97 Å². The fraction of sp³-hybridized carbons (Fsp3) is 0.326. The number of benzene rings is 3. The molecule has 1 saturated heterocycles. The number of ether oxygens (including phenoxy) is 2. The van der Waals surface area contributed by atoms with Crippen molar-refractivity contribution in [1.29, 1.82) is 0 Å². The highest BCUT2D eigenvalue weighted by Gasteiger charge is 2.48. The minimum absolute atomic E-state index is 0.0947. The fourth-order valence-corrected chi connectivity index (χ4v) is 9.36. The predicted octanol–water partition coefficient (Wildman–Crippen LogP) is 7.61. The molecular formula is C43H42ClN7O3. The number of esters is 1. The van der Waals surface area contributed by atoms with Gasteiger partial charge in [-0.25, -0.2) is 19.9 Å². The normalized spacial score (nSPS) is 21.3. The van der Waals surface area contributed by atoms with Crippen LogP contribution in [0.5, 0.6) is 0 Å². The van der Waals surface area contributed by atoms with Gasteiger partial charge in [0.25, 0.3) is 0 Å². The molecule has 3 aromatic carbocycles. The van der Waals surface area contributed by atoms with Crippen LogP contribution in [0.1, 0.15) is 42.4 Å². The van der Waals surface area contributed by atoms with Gasteiger partial charge in [-0.2, -0.15) is 0 Å². The number of carbonyl (C=O) groups excluding carboxylic acids is 1. The van der Waals surface area contributed by atoms with E-state index in [1.165, 1.54) is 7.11 Å². The molecule has 4 fully saturated rings. The maximum atomic E-state index is 13.2. The molecular weight excluding hydrogens is 698 g/mol. The second kappa shape index (κ2) is 14.5. The van der Waals surface area contributed by atoms with Crippen molar-refractivity contribution in [2.75, 3.05) is 43.6 Å². The predicted molar refractivity (Wildman–Crippen MR) is 210 cm³/mol. The summed E-state index contributed by atoms with van der Waals surface area (Å²) in [6, 6.07) is 33.3. The molecule has 2 atom stereocenters. The molecule has 274 valence electrons. The van der Waals surface area contributed by atoms with Crippen LogP contribution in [0.15, 0.2) is 109 Å². The smallest absolute Gasteiger partial charge is 0.311 e. The van der Waals surface area contributed by atoms with Crippen LogP contribution in [0.4, 0.5) is 11.6 Å². The first-order chi connectivity index (χ1) is 26.5. The van der Waals surface area contributed by atoms with Gasteiger partial charge in [-0.1, -0.05) is 103 Å². The van der Waals surface area contributed by atoms with Crippen LogP contribution in [-0.4, -0.2) is 69.9 Å². The first-order valence-corrected chi connectivity index (χ1v) is 19.2. The lowest BCUT2D eigenvalue weighted by molar-refractivity contribution is -0.152. The number of fused-ring (bicyclic) bond motifs is 4. The number of nitrogens with one attached hydrogen (secondary N) is 1. The van der Waals surface area contributed by atoms with E-state index >= 15 is 0 Å². The standard InChI is InChI=1S/C43H42ClN7O3/c1-53-42(52)37-28-17-19-29(20-18-28)38(37)47-35-25-36(50-21-23-54-24-22-50)49-40(48-35)33-27-51(41-39(33)46-34(44)26-45-41)43(30-11-5-2-6-12-30,31-13-7-3-8-14-31)32-15-9-4-10-16-32/h2-16,25-29,37-38H,17-24H2,1H3,(H,47,48,49). The Balaban J connectivity index is 1.27. The Morgan fingerprint density at radius 3 is 2.02 bits per heavy atom. The van der Waals surface area contributed by atoms with Gasteiger partial charge in [0.2, 0.25) is 0 Å². The number of rotatable bonds is 9. The number of morpholine rings is 1. The number of halogens is 1. The number of hydrogen-bond acceptors (Lipinski definition) is 9. The van der Waals surface area contributed by atoms with E-state index in [-0.39, 0.29) is 29.0 Å². The number of methoxy groups -OCH3 is 1. The number of carbonyl (C=O) groups is 1. The van der Waals surface area contributed by atoms with Crippen molar-refractivity contribution in [3.05, 3.63) is 131 Å². The van der Waals surface area contributed by atoms with E-state index in [1.54, 1.807) is 6.20 Å². The summed E-state index contributed by atoms with van der Waals surface area (Å²) in [5.74, 6) is 2.17. The second-order valence-corrected chi connectivity index (χ2v) is 14.9. The largest absolute Gasteiger partial charge is 0.469 e. The van der Waals surface area contributed by atoms with Gasteiger partial charge in [-0.15, -0.1) is 0 Å². The maximum absolute atomic E-state index is 13.2. The molecule has 3 aromatic heterocycles. The summed E-state index contributed by atoms with van der Waals surface area (Å²) < 4.78 is 13.3. The van der Waals surface area contributed by atoms with Crippen molar-refractivity contribution in [1.82, 2.24) is 24.5 Å². The van der Waals surface area contributed by atoms with Crippen LogP contribution in [0.25, 0.3) is 22.6 Å². The minimum Gasteiger partial charge on any atom is -0.469 e. The summed E-state index contributed by atoms with van der Waals surface area (Å²) in [6.07, 6.45) is 7.91. The summed E-state index contributed by atoms with van der Waals surface area (Å²) in [7, 11) is 1.49. The highest BCUT2D eigenvalue weighted by molar-refractivity contribution is 6.29. The lowest BCUT2D eigenvalue weighted by atomic mass is 9.61. The third kappa shape index (κ3) is 5.97. The Labute approximate surface area is 319 Å². The topological polar surface area (TPSA) is 107 Å². The summed E-state index contributed by atoms with van der Waals surface area (Å²) in [6.45, 7) is 2.60. The van der Waals surface area contributed by atoms with Crippen molar-refractivity contribution in [3.63, 3.8) is 0 Å². The molecule has 0 spiro atoms. The highest BCUT2D eigenvalue weighted by atomic mass is 35.5. The number of hydrogen-bond donors (Lipinski definition) is 1. The van der Waals surface area contributed by atoms with Crippen molar-refractivity contribution in [3.8, 4) is 11.4 Å². The Kier molecular flexibility index (Phi) is 9.24. The van der Waals surface area contributed by atoms with Crippen molar-refractivity contribution < 1.29 is 14.3 Å². The molecule has 6 aromatic rings. The quantitative estimate of drug-likeness (QED) is 0.118. The molecule has 54 heavy (non-hydrogen) atoms. The van der Waals surface area contributed by atoms with Crippen molar-refractivity contribution >= 4 is 40.4 Å². The van der Waals surface area contributed by atoms with Gasteiger partial charge in [0, 0.05) is 31.4 Å². The molecule has 1 N–H and O–H groups in total.